The summed E-state index contributed by atoms with van der Waals surface area (Å²) in [5.74, 6) is 3.20. The van der Waals surface area contributed by atoms with E-state index in [-0.39, 0.29) is 5.54 Å². The van der Waals surface area contributed by atoms with E-state index in [2.05, 4.69) is 50.7 Å². The Morgan fingerprint density at radius 3 is 2.41 bits per heavy atom. The molecular formula is C14H20BNO. The van der Waals surface area contributed by atoms with Crippen molar-refractivity contribution in [3.8, 4) is 5.75 Å². The van der Waals surface area contributed by atoms with Gasteiger partial charge in [0.15, 0.2) is 0 Å². The molecule has 1 heterocycles. The second-order valence-electron chi connectivity index (χ2n) is 5.47. The fourth-order valence-corrected chi connectivity index (χ4v) is 2.30. The van der Waals surface area contributed by atoms with E-state index < -0.39 is 0 Å². The molecule has 0 aliphatic carbocycles. The first-order chi connectivity index (χ1) is 8.02. The summed E-state index contributed by atoms with van der Waals surface area (Å²) in [6.45, 7) is 9.03. The third-order valence-corrected chi connectivity index (χ3v) is 3.28. The second kappa shape index (κ2) is 4.65. The van der Waals surface area contributed by atoms with Gasteiger partial charge in [-0.05, 0) is 0 Å². The van der Waals surface area contributed by atoms with Crippen LogP contribution in [0.4, 0.5) is 0 Å². The van der Waals surface area contributed by atoms with Crippen molar-refractivity contribution in [3.05, 3.63) is 29.8 Å². The van der Waals surface area contributed by atoms with Crippen LogP contribution in [0, 0.1) is 0 Å². The van der Waals surface area contributed by atoms with Crippen LogP contribution in [-0.2, 0) is 0 Å². The number of methoxy groups -OCH3 is 1. The van der Waals surface area contributed by atoms with Crippen LogP contribution < -0.4 is 4.74 Å². The Hall–Kier alpha value is -1.09. The summed E-state index contributed by atoms with van der Waals surface area (Å²) >= 11 is 0. The molecule has 3 heteroatoms. The summed E-state index contributed by atoms with van der Waals surface area (Å²) in [6, 6.07) is 8.75. The van der Waals surface area contributed by atoms with E-state index >= 15 is 0 Å². The minimum atomic E-state index is 0.189. The predicted octanol–water partition coefficient (Wildman–Crippen LogP) is 2.31. The normalized spacial score (nSPS) is 20.4. The number of ether oxygens (including phenoxy) is 1. The first-order valence-corrected chi connectivity index (χ1v) is 6.10. The average Bonchev–Trinajstić information content (AvgIpc) is 2.78. The maximum absolute atomic E-state index is 5.19. The van der Waals surface area contributed by atoms with Crippen molar-refractivity contribution in [3.63, 3.8) is 0 Å². The van der Waals surface area contributed by atoms with Crippen LogP contribution in [0.2, 0.25) is 0 Å². The van der Waals surface area contributed by atoms with E-state index in [9.17, 15) is 0 Å². The maximum atomic E-state index is 5.19. The topological polar surface area (TPSA) is 12.5 Å². The van der Waals surface area contributed by atoms with Gasteiger partial charge in [-0.2, -0.15) is 0 Å². The van der Waals surface area contributed by atoms with Crippen molar-refractivity contribution < 1.29 is 4.74 Å². The van der Waals surface area contributed by atoms with Gasteiger partial charge in [0, 0.05) is 0 Å². The Kier molecular flexibility index (Phi) is 3.39. The molecule has 0 saturated carbocycles. The molecule has 1 aliphatic rings. The van der Waals surface area contributed by atoms with Crippen LogP contribution in [0.5, 0.6) is 5.75 Å². The fourth-order valence-electron chi connectivity index (χ4n) is 2.30. The van der Waals surface area contributed by atoms with E-state index in [1.54, 1.807) is 7.11 Å². The molecule has 2 nitrogen and oxygen atoms in total. The molecule has 0 spiro atoms. The Bertz CT molecular complexity index is 405. The van der Waals surface area contributed by atoms with E-state index in [4.69, 9.17) is 4.74 Å². The summed E-state index contributed by atoms with van der Waals surface area (Å²) in [4.78, 5) is 2.49. The van der Waals surface area contributed by atoms with Gasteiger partial charge in [-0.3, -0.25) is 0 Å². The van der Waals surface area contributed by atoms with Crippen LogP contribution in [0.1, 0.15) is 32.4 Å². The van der Waals surface area contributed by atoms with Crippen LogP contribution in [0.15, 0.2) is 24.3 Å². The Balaban J connectivity index is 2.23. The molecule has 1 aromatic carbocycles. The second-order valence-corrected chi connectivity index (χ2v) is 5.47. The quantitative estimate of drug-likeness (QED) is 0.721. The van der Waals surface area contributed by atoms with E-state index in [0.717, 1.165) is 12.2 Å². The predicted molar refractivity (Wildman–Crippen MR) is 74.0 cm³/mol. The molecule has 17 heavy (non-hydrogen) atoms. The Labute approximate surface area is 104 Å². The molecule has 2 rings (SSSR count). The first kappa shape index (κ1) is 12.4. The van der Waals surface area contributed by atoms with Gasteiger partial charge in [0.1, 0.15) is 0 Å². The van der Waals surface area contributed by atoms with Crippen molar-refractivity contribution in [1.82, 2.24) is 4.90 Å². The van der Waals surface area contributed by atoms with Crippen LogP contribution in [0.25, 0.3) is 0 Å². The summed E-state index contributed by atoms with van der Waals surface area (Å²) < 4.78 is 5.19. The molecule has 0 N–H and O–H groups in total. The van der Waals surface area contributed by atoms with Crippen LogP contribution >= 0.6 is 0 Å². The monoisotopic (exact) mass is 229 g/mol. The van der Waals surface area contributed by atoms with Crippen LogP contribution in [-0.4, -0.2) is 36.9 Å². The molecule has 0 amide bonds. The molecule has 1 atom stereocenters. The number of hydrogen-bond donors (Lipinski definition) is 0. The number of nitrogens with zero attached hydrogens (tertiary/aromatic N) is 1. The summed E-state index contributed by atoms with van der Waals surface area (Å²) in [5.41, 5.74) is 1.52. The zero-order valence-electron chi connectivity index (χ0n) is 11.1. The third-order valence-electron chi connectivity index (χ3n) is 3.28. The van der Waals surface area contributed by atoms with Gasteiger partial charge in [-0.25, -0.2) is 0 Å². The van der Waals surface area contributed by atoms with Gasteiger partial charge in [0.05, 0.1) is 0 Å². The van der Waals surface area contributed by atoms with E-state index in [0.29, 0.717) is 6.04 Å². The zero-order chi connectivity index (χ0) is 12.5. The van der Waals surface area contributed by atoms with E-state index in [1.165, 1.54) is 5.56 Å². The standard InChI is InChI=1S/C14H20BNO/c1-14(2,3)16-10-15-9-13(16)11-5-7-12(17-4)8-6-11/h5-9,13H,10H2,1-4H3. The first-order valence-electron chi connectivity index (χ1n) is 6.10. The number of hydrogen-bond acceptors (Lipinski definition) is 2. The molecule has 1 aliphatic heterocycles. The van der Waals surface area contributed by atoms with Gasteiger partial charge >= 0.3 is 104 Å². The van der Waals surface area contributed by atoms with Crippen molar-refractivity contribution >= 4 is 12.9 Å². The molecule has 90 valence electrons. The summed E-state index contributed by atoms with van der Waals surface area (Å²) in [6.07, 6.45) is 1.03. The molecule has 0 aromatic heterocycles. The molecule has 0 fully saturated rings. The van der Waals surface area contributed by atoms with E-state index in [1.807, 2.05) is 12.1 Å². The molecular weight excluding hydrogens is 209 g/mol. The summed E-state index contributed by atoms with van der Waals surface area (Å²) in [7, 11) is 1.70. The zero-order valence-corrected chi connectivity index (χ0v) is 11.1. The number of benzene rings is 1. The molecule has 1 unspecified atom stereocenters. The number of rotatable bonds is 2. The molecule has 0 bridgehead atoms. The Morgan fingerprint density at radius 1 is 1.24 bits per heavy atom. The van der Waals surface area contributed by atoms with Gasteiger partial charge in [-0.15, -0.1) is 0 Å². The molecule has 0 saturated heterocycles. The Morgan fingerprint density at radius 2 is 1.88 bits per heavy atom. The summed E-state index contributed by atoms with van der Waals surface area (Å²) in [5, 5.41) is 0. The minimum absolute atomic E-state index is 0.189. The van der Waals surface area contributed by atoms with Crippen molar-refractivity contribution in [1.29, 1.82) is 0 Å². The average molecular weight is 229 g/mol. The van der Waals surface area contributed by atoms with Crippen molar-refractivity contribution in [2.24, 2.45) is 0 Å². The van der Waals surface area contributed by atoms with Gasteiger partial charge in [0.25, 0.3) is 0 Å². The third kappa shape index (κ3) is 2.60. The van der Waals surface area contributed by atoms with Crippen molar-refractivity contribution in [2.45, 2.75) is 32.4 Å². The van der Waals surface area contributed by atoms with Crippen LogP contribution in [0.3, 0.4) is 0 Å². The van der Waals surface area contributed by atoms with Crippen molar-refractivity contribution in [2.75, 3.05) is 13.6 Å². The SMILES string of the molecule is COc1ccc(C2C=BCN2C(C)(C)C)cc1. The van der Waals surface area contributed by atoms with Gasteiger partial charge in [-0.1, -0.05) is 0 Å². The molecule has 1 aromatic rings. The molecule has 0 radical (unpaired) electrons. The fraction of sp³-hybridized carbons (Fsp3) is 0.500. The van der Waals surface area contributed by atoms with Gasteiger partial charge in [0.2, 0.25) is 0 Å². The van der Waals surface area contributed by atoms with Gasteiger partial charge < -0.3 is 0 Å².